The van der Waals surface area contributed by atoms with E-state index in [-0.39, 0.29) is 18.1 Å². The zero-order valence-electron chi connectivity index (χ0n) is 13.6. The average molecular weight is 307 g/mol. The van der Waals surface area contributed by atoms with Crippen LogP contribution in [0.25, 0.3) is 0 Å². The van der Waals surface area contributed by atoms with Crippen LogP contribution in [0.3, 0.4) is 0 Å². The summed E-state index contributed by atoms with van der Waals surface area (Å²) in [5.74, 6) is 1.26. The molecule has 1 aliphatic rings. The smallest absolute Gasteiger partial charge is 0.257 e. The van der Waals surface area contributed by atoms with Gasteiger partial charge in [0.15, 0.2) is 18.1 Å². The van der Waals surface area contributed by atoms with Gasteiger partial charge in [0.2, 0.25) is 0 Å². The summed E-state index contributed by atoms with van der Waals surface area (Å²) in [7, 11) is 0. The highest BCUT2D eigenvalue weighted by Gasteiger charge is 2.32. The highest BCUT2D eigenvalue weighted by Crippen LogP contribution is 2.41. The maximum absolute atomic E-state index is 11.8. The lowest BCUT2D eigenvalue weighted by molar-refractivity contribution is -0.123. The molecule has 5 nitrogen and oxygen atoms in total. The molecule has 1 aliphatic heterocycles. The molecule has 1 heterocycles. The van der Waals surface area contributed by atoms with Crippen molar-refractivity contribution in [3.8, 4) is 11.5 Å². The third-order valence-corrected chi connectivity index (χ3v) is 3.41. The monoisotopic (exact) mass is 307 g/mol. The molecule has 0 saturated carbocycles. The van der Waals surface area contributed by atoms with Gasteiger partial charge in [0, 0.05) is 31.7 Å². The molecule has 0 fully saturated rings. The van der Waals surface area contributed by atoms with Crippen LogP contribution in [0.15, 0.2) is 18.2 Å². The first-order valence-corrected chi connectivity index (χ1v) is 7.80. The summed E-state index contributed by atoms with van der Waals surface area (Å²) in [5, 5.41) is 2.81. The number of ether oxygens (including phenoxy) is 3. The molecule has 1 N–H and O–H groups in total. The fraction of sp³-hybridized carbons (Fsp3) is 0.588. The second-order valence-electron chi connectivity index (χ2n) is 5.97. The van der Waals surface area contributed by atoms with Gasteiger partial charge >= 0.3 is 0 Å². The molecule has 0 radical (unpaired) electrons. The van der Waals surface area contributed by atoms with Crippen molar-refractivity contribution in [3.05, 3.63) is 23.8 Å². The van der Waals surface area contributed by atoms with Crippen molar-refractivity contribution in [2.75, 3.05) is 26.4 Å². The number of amides is 1. The van der Waals surface area contributed by atoms with E-state index >= 15 is 0 Å². The predicted molar refractivity (Wildman–Crippen MR) is 84.5 cm³/mol. The number of para-hydroxylation sites is 1. The van der Waals surface area contributed by atoms with Crippen LogP contribution in [-0.2, 0) is 16.0 Å². The van der Waals surface area contributed by atoms with Gasteiger partial charge in [-0.05, 0) is 33.3 Å². The van der Waals surface area contributed by atoms with E-state index in [1.165, 1.54) is 0 Å². The van der Waals surface area contributed by atoms with Gasteiger partial charge in [-0.2, -0.15) is 0 Å². The largest absolute Gasteiger partial charge is 0.483 e. The molecule has 22 heavy (non-hydrogen) atoms. The van der Waals surface area contributed by atoms with Crippen LogP contribution in [0, 0.1) is 0 Å². The zero-order valence-corrected chi connectivity index (χ0v) is 13.6. The molecule has 2 rings (SSSR count). The Bertz CT molecular complexity index is 513. The van der Waals surface area contributed by atoms with E-state index in [4.69, 9.17) is 14.2 Å². The van der Waals surface area contributed by atoms with E-state index in [9.17, 15) is 4.79 Å². The summed E-state index contributed by atoms with van der Waals surface area (Å²) in [6, 6.07) is 5.80. The Hall–Kier alpha value is -1.75. The van der Waals surface area contributed by atoms with Crippen LogP contribution in [0.5, 0.6) is 11.5 Å². The topological polar surface area (TPSA) is 56.8 Å². The van der Waals surface area contributed by atoms with E-state index in [0.29, 0.717) is 25.5 Å². The maximum Gasteiger partial charge on any atom is 0.257 e. The molecule has 0 unspecified atom stereocenters. The number of benzene rings is 1. The zero-order chi connectivity index (χ0) is 16.0. The van der Waals surface area contributed by atoms with Crippen molar-refractivity contribution in [1.29, 1.82) is 0 Å². The molecule has 0 spiro atoms. The molecule has 1 aromatic carbocycles. The second-order valence-corrected chi connectivity index (χ2v) is 5.97. The Kier molecular flexibility index (Phi) is 5.66. The summed E-state index contributed by atoms with van der Waals surface area (Å²) in [5.41, 5.74) is 0.906. The highest BCUT2D eigenvalue weighted by molar-refractivity contribution is 5.77. The van der Waals surface area contributed by atoms with Crippen LogP contribution in [0.2, 0.25) is 0 Å². The van der Waals surface area contributed by atoms with Crippen LogP contribution >= 0.6 is 0 Å². The number of fused-ring (bicyclic) bond motifs is 1. The molecule has 5 heteroatoms. The molecule has 122 valence electrons. The fourth-order valence-electron chi connectivity index (χ4n) is 2.44. The number of carbonyl (C=O) groups is 1. The van der Waals surface area contributed by atoms with Gasteiger partial charge in [0.1, 0.15) is 5.60 Å². The van der Waals surface area contributed by atoms with E-state index in [1.807, 2.05) is 39.0 Å². The maximum atomic E-state index is 11.8. The number of hydrogen-bond donors (Lipinski definition) is 1. The first-order chi connectivity index (χ1) is 10.5. The van der Waals surface area contributed by atoms with Crippen molar-refractivity contribution in [2.24, 2.45) is 0 Å². The first-order valence-electron chi connectivity index (χ1n) is 7.80. The summed E-state index contributed by atoms with van der Waals surface area (Å²) in [6.45, 7) is 7.99. The standard InChI is InChI=1S/C17H25NO4/c1-4-20-10-6-9-18-15(19)12-21-14-8-5-7-13-11-17(2,3)22-16(13)14/h5,7-8H,4,6,9-12H2,1-3H3,(H,18,19). The lowest BCUT2D eigenvalue weighted by Crippen LogP contribution is -2.30. The predicted octanol–water partition coefficient (Wildman–Crippen LogP) is 2.32. The number of hydrogen-bond acceptors (Lipinski definition) is 4. The fourth-order valence-corrected chi connectivity index (χ4v) is 2.44. The minimum atomic E-state index is -0.219. The third kappa shape index (κ3) is 4.63. The summed E-state index contributed by atoms with van der Waals surface area (Å²) < 4.78 is 16.7. The van der Waals surface area contributed by atoms with Crippen molar-refractivity contribution in [2.45, 2.75) is 39.2 Å². The Balaban J connectivity index is 1.78. The van der Waals surface area contributed by atoms with Gasteiger partial charge < -0.3 is 19.5 Å². The molecular formula is C17H25NO4. The molecule has 1 amide bonds. The summed E-state index contributed by atoms with van der Waals surface area (Å²) in [4.78, 5) is 11.8. The van der Waals surface area contributed by atoms with E-state index in [1.54, 1.807) is 0 Å². The lowest BCUT2D eigenvalue weighted by atomic mass is 10.0. The van der Waals surface area contributed by atoms with Gasteiger partial charge in [0.05, 0.1) is 0 Å². The Morgan fingerprint density at radius 2 is 2.23 bits per heavy atom. The van der Waals surface area contributed by atoms with Gasteiger partial charge in [-0.1, -0.05) is 12.1 Å². The molecule has 0 atom stereocenters. The van der Waals surface area contributed by atoms with Crippen molar-refractivity contribution in [1.82, 2.24) is 5.32 Å². The lowest BCUT2D eigenvalue weighted by Gasteiger charge is -2.18. The minimum absolute atomic E-state index is 0.00508. The first kappa shape index (κ1) is 16.6. The number of rotatable bonds is 8. The Labute approximate surface area is 131 Å². The van der Waals surface area contributed by atoms with Crippen LogP contribution < -0.4 is 14.8 Å². The normalized spacial score (nSPS) is 15.0. The van der Waals surface area contributed by atoms with Crippen LogP contribution in [0.1, 0.15) is 32.8 Å². The highest BCUT2D eigenvalue weighted by atomic mass is 16.5. The third-order valence-electron chi connectivity index (χ3n) is 3.41. The van der Waals surface area contributed by atoms with E-state index in [0.717, 1.165) is 24.2 Å². The van der Waals surface area contributed by atoms with Crippen molar-refractivity contribution < 1.29 is 19.0 Å². The van der Waals surface area contributed by atoms with Crippen LogP contribution in [-0.4, -0.2) is 37.9 Å². The van der Waals surface area contributed by atoms with Gasteiger partial charge in [0.25, 0.3) is 5.91 Å². The van der Waals surface area contributed by atoms with Crippen molar-refractivity contribution >= 4 is 5.91 Å². The van der Waals surface area contributed by atoms with Gasteiger partial charge in [-0.15, -0.1) is 0 Å². The average Bonchev–Trinajstić information content (AvgIpc) is 2.79. The van der Waals surface area contributed by atoms with Gasteiger partial charge in [-0.25, -0.2) is 0 Å². The van der Waals surface area contributed by atoms with Crippen LogP contribution in [0.4, 0.5) is 0 Å². The molecule has 0 bridgehead atoms. The molecule has 0 aromatic heterocycles. The minimum Gasteiger partial charge on any atom is -0.483 e. The summed E-state index contributed by atoms with van der Waals surface area (Å²) in [6.07, 6.45) is 1.65. The Morgan fingerprint density at radius 3 is 3.00 bits per heavy atom. The molecular weight excluding hydrogens is 282 g/mol. The van der Waals surface area contributed by atoms with E-state index < -0.39 is 0 Å². The molecule has 1 aromatic rings. The number of nitrogens with one attached hydrogen (secondary N) is 1. The Morgan fingerprint density at radius 1 is 1.41 bits per heavy atom. The SMILES string of the molecule is CCOCCCNC(=O)COc1cccc2c1OC(C)(C)C2. The summed E-state index contributed by atoms with van der Waals surface area (Å²) >= 11 is 0. The van der Waals surface area contributed by atoms with Crippen molar-refractivity contribution in [3.63, 3.8) is 0 Å². The molecule has 0 aliphatic carbocycles. The number of carbonyl (C=O) groups excluding carboxylic acids is 1. The van der Waals surface area contributed by atoms with Gasteiger partial charge in [-0.3, -0.25) is 4.79 Å². The quantitative estimate of drug-likeness (QED) is 0.749. The second kappa shape index (κ2) is 7.49. The molecule has 0 saturated heterocycles. The van der Waals surface area contributed by atoms with E-state index in [2.05, 4.69) is 5.32 Å².